The lowest BCUT2D eigenvalue weighted by Gasteiger charge is -2.20. The molecule has 19 heavy (non-hydrogen) atoms. The van der Waals surface area contributed by atoms with E-state index in [1.807, 2.05) is 18.2 Å². The van der Waals surface area contributed by atoms with Gasteiger partial charge in [-0.2, -0.15) is 0 Å². The van der Waals surface area contributed by atoms with Crippen LogP contribution in [0.25, 0.3) is 0 Å². The van der Waals surface area contributed by atoms with Crippen LogP contribution in [0.1, 0.15) is 12.5 Å². The molecule has 0 saturated carbocycles. The van der Waals surface area contributed by atoms with Gasteiger partial charge in [-0.1, -0.05) is 36.7 Å². The van der Waals surface area contributed by atoms with E-state index >= 15 is 0 Å². The van der Waals surface area contributed by atoms with Crippen molar-refractivity contribution >= 4 is 23.6 Å². The molecular formula is C13H17ClN2O3. The van der Waals surface area contributed by atoms with E-state index in [1.54, 1.807) is 20.0 Å². The van der Waals surface area contributed by atoms with Crippen LogP contribution in [0.4, 0.5) is 4.79 Å². The number of hydrogen-bond acceptors (Lipinski definition) is 2. The Balaban J connectivity index is 2.47. The number of nitrogens with one attached hydrogen (secondary N) is 1. The minimum atomic E-state index is -0.925. The molecule has 0 heterocycles. The molecule has 1 rings (SSSR count). The molecule has 0 fully saturated rings. The van der Waals surface area contributed by atoms with Crippen LogP contribution in [-0.2, 0) is 11.3 Å². The molecule has 2 amide bonds. The number of amides is 2. The van der Waals surface area contributed by atoms with Gasteiger partial charge in [0.2, 0.25) is 0 Å². The third kappa shape index (κ3) is 4.79. The van der Waals surface area contributed by atoms with E-state index in [4.69, 9.17) is 16.7 Å². The number of hydrogen-bond donors (Lipinski definition) is 2. The van der Waals surface area contributed by atoms with Crippen LogP contribution in [-0.4, -0.2) is 35.6 Å². The summed E-state index contributed by atoms with van der Waals surface area (Å²) in [6.45, 7) is 2.02. The fourth-order valence-corrected chi connectivity index (χ4v) is 1.72. The second-order valence-electron chi connectivity index (χ2n) is 4.37. The van der Waals surface area contributed by atoms with Crippen molar-refractivity contribution in [3.05, 3.63) is 34.9 Å². The van der Waals surface area contributed by atoms with Gasteiger partial charge in [-0.05, 0) is 11.6 Å². The number of carbonyl (C=O) groups is 2. The molecule has 1 unspecified atom stereocenters. The Labute approximate surface area is 117 Å². The predicted octanol–water partition coefficient (Wildman–Crippen LogP) is 2.20. The summed E-state index contributed by atoms with van der Waals surface area (Å²) in [4.78, 5) is 23.8. The molecule has 0 radical (unpaired) electrons. The normalized spacial score (nSPS) is 11.7. The minimum absolute atomic E-state index is 0.156. The number of carboxylic acid groups (broad SMARTS) is 1. The van der Waals surface area contributed by atoms with E-state index < -0.39 is 11.9 Å². The molecule has 0 aromatic heterocycles. The van der Waals surface area contributed by atoms with E-state index in [2.05, 4.69) is 5.32 Å². The number of carboxylic acids is 1. The molecule has 0 bridgehead atoms. The van der Waals surface area contributed by atoms with E-state index in [0.717, 1.165) is 5.56 Å². The second kappa shape index (κ2) is 6.99. The minimum Gasteiger partial charge on any atom is -0.481 e. The van der Waals surface area contributed by atoms with Crippen LogP contribution in [0.5, 0.6) is 0 Å². The van der Waals surface area contributed by atoms with Crippen LogP contribution in [0.15, 0.2) is 24.3 Å². The number of halogens is 1. The Morgan fingerprint density at radius 2 is 2.05 bits per heavy atom. The zero-order valence-electron chi connectivity index (χ0n) is 10.9. The number of rotatable bonds is 5. The largest absolute Gasteiger partial charge is 0.481 e. The summed E-state index contributed by atoms with van der Waals surface area (Å²) in [5, 5.41) is 12.1. The van der Waals surface area contributed by atoms with Crippen molar-refractivity contribution in [1.82, 2.24) is 10.2 Å². The Bertz CT molecular complexity index is 465. The van der Waals surface area contributed by atoms with Crippen LogP contribution in [0.3, 0.4) is 0 Å². The van der Waals surface area contributed by atoms with Gasteiger partial charge in [0.15, 0.2) is 0 Å². The van der Waals surface area contributed by atoms with Crippen molar-refractivity contribution in [2.75, 3.05) is 13.6 Å². The molecule has 0 aliphatic heterocycles. The maximum absolute atomic E-state index is 11.8. The van der Waals surface area contributed by atoms with Crippen molar-refractivity contribution in [1.29, 1.82) is 0 Å². The Morgan fingerprint density at radius 1 is 1.42 bits per heavy atom. The van der Waals surface area contributed by atoms with Gasteiger partial charge < -0.3 is 15.3 Å². The van der Waals surface area contributed by atoms with Gasteiger partial charge in [0.05, 0.1) is 5.92 Å². The molecule has 1 atom stereocenters. The number of carbonyl (C=O) groups excluding carboxylic acids is 1. The van der Waals surface area contributed by atoms with Gasteiger partial charge in [0, 0.05) is 25.2 Å². The zero-order chi connectivity index (χ0) is 14.4. The maximum atomic E-state index is 11.8. The summed E-state index contributed by atoms with van der Waals surface area (Å²) in [5.74, 6) is -1.53. The molecule has 2 N–H and O–H groups in total. The van der Waals surface area contributed by atoms with Gasteiger partial charge in [-0.3, -0.25) is 4.79 Å². The lowest BCUT2D eigenvalue weighted by atomic mass is 10.2. The number of aliphatic carboxylic acids is 1. The topological polar surface area (TPSA) is 69.6 Å². The van der Waals surface area contributed by atoms with E-state index in [1.165, 1.54) is 4.90 Å². The van der Waals surface area contributed by atoms with Crippen molar-refractivity contribution in [2.24, 2.45) is 5.92 Å². The summed E-state index contributed by atoms with van der Waals surface area (Å²) >= 11 is 5.97. The highest BCUT2D eigenvalue weighted by Crippen LogP contribution is 2.14. The van der Waals surface area contributed by atoms with E-state index in [0.29, 0.717) is 11.6 Å². The summed E-state index contributed by atoms with van der Waals surface area (Å²) in [6, 6.07) is 6.90. The van der Waals surface area contributed by atoms with E-state index in [9.17, 15) is 9.59 Å². The van der Waals surface area contributed by atoms with Gasteiger partial charge in [0.25, 0.3) is 0 Å². The lowest BCUT2D eigenvalue weighted by molar-refractivity contribution is -0.141. The van der Waals surface area contributed by atoms with Gasteiger partial charge in [-0.25, -0.2) is 4.79 Å². The molecule has 0 saturated heterocycles. The Kier molecular flexibility index (Phi) is 5.63. The molecule has 5 nitrogen and oxygen atoms in total. The molecule has 0 aliphatic rings. The summed E-state index contributed by atoms with van der Waals surface area (Å²) in [6.07, 6.45) is 0. The zero-order valence-corrected chi connectivity index (χ0v) is 11.6. The molecule has 0 aliphatic carbocycles. The van der Waals surface area contributed by atoms with Crippen molar-refractivity contribution in [2.45, 2.75) is 13.5 Å². The van der Waals surface area contributed by atoms with Crippen LogP contribution >= 0.6 is 11.6 Å². The third-order valence-corrected chi connectivity index (χ3v) is 3.07. The molecule has 6 heteroatoms. The number of benzene rings is 1. The van der Waals surface area contributed by atoms with E-state index in [-0.39, 0.29) is 12.6 Å². The smallest absolute Gasteiger partial charge is 0.317 e. The van der Waals surface area contributed by atoms with Gasteiger partial charge in [-0.15, -0.1) is 0 Å². The summed E-state index contributed by atoms with van der Waals surface area (Å²) in [5.41, 5.74) is 0.817. The highest BCUT2D eigenvalue weighted by atomic mass is 35.5. The van der Waals surface area contributed by atoms with Crippen molar-refractivity contribution in [3.8, 4) is 0 Å². The SMILES string of the molecule is CC(CN(C)C(=O)NCc1ccccc1Cl)C(=O)O. The van der Waals surface area contributed by atoms with Crippen molar-refractivity contribution < 1.29 is 14.7 Å². The fraction of sp³-hybridized carbons (Fsp3) is 0.385. The summed E-state index contributed by atoms with van der Waals surface area (Å²) in [7, 11) is 1.56. The first-order valence-electron chi connectivity index (χ1n) is 5.87. The monoisotopic (exact) mass is 284 g/mol. The highest BCUT2D eigenvalue weighted by Gasteiger charge is 2.17. The first-order valence-corrected chi connectivity index (χ1v) is 6.24. The summed E-state index contributed by atoms with van der Waals surface area (Å²) < 4.78 is 0. The Hall–Kier alpha value is -1.75. The highest BCUT2D eigenvalue weighted by molar-refractivity contribution is 6.31. The molecule has 0 spiro atoms. The van der Waals surface area contributed by atoms with Gasteiger partial charge >= 0.3 is 12.0 Å². The number of urea groups is 1. The first kappa shape index (κ1) is 15.3. The average Bonchev–Trinajstić information content (AvgIpc) is 2.37. The molecule has 1 aromatic carbocycles. The third-order valence-electron chi connectivity index (χ3n) is 2.70. The fourth-order valence-electron chi connectivity index (χ4n) is 1.52. The lowest BCUT2D eigenvalue weighted by Crippen LogP contribution is -2.40. The average molecular weight is 285 g/mol. The first-order chi connectivity index (χ1) is 8.91. The van der Waals surface area contributed by atoms with Gasteiger partial charge in [0.1, 0.15) is 0 Å². The number of nitrogens with zero attached hydrogens (tertiary/aromatic N) is 1. The van der Waals surface area contributed by atoms with Crippen molar-refractivity contribution in [3.63, 3.8) is 0 Å². The second-order valence-corrected chi connectivity index (χ2v) is 4.78. The Morgan fingerprint density at radius 3 is 2.63 bits per heavy atom. The quantitative estimate of drug-likeness (QED) is 0.871. The van der Waals surface area contributed by atoms with Crippen LogP contribution in [0, 0.1) is 5.92 Å². The van der Waals surface area contributed by atoms with Crippen LogP contribution < -0.4 is 5.32 Å². The predicted molar refractivity (Wildman–Crippen MR) is 73.1 cm³/mol. The van der Waals surface area contributed by atoms with Crippen LogP contribution in [0.2, 0.25) is 5.02 Å². The molecular weight excluding hydrogens is 268 g/mol. The maximum Gasteiger partial charge on any atom is 0.317 e. The standard InChI is InChI=1S/C13H17ClN2O3/c1-9(12(17)18)8-16(2)13(19)15-7-10-5-3-4-6-11(10)14/h3-6,9H,7-8H2,1-2H3,(H,15,19)(H,17,18). The molecule has 104 valence electrons. The molecule has 1 aromatic rings.